The summed E-state index contributed by atoms with van der Waals surface area (Å²) in [5, 5.41) is 0. The second kappa shape index (κ2) is 3.88. The molecular weight excluding hydrogens is 288 g/mol. The Morgan fingerprint density at radius 1 is 1.22 bits per heavy atom. The summed E-state index contributed by atoms with van der Waals surface area (Å²) in [7, 11) is 0. The quantitative estimate of drug-likeness (QED) is 0.509. The first kappa shape index (κ1) is 14.2. The molecule has 0 radical (unpaired) electrons. The fraction of sp³-hybridized carbons (Fsp3) is 0.700. The summed E-state index contributed by atoms with van der Waals surface area (Å²) in [6.07, 6.45) is 8.28. The Balaban J connectivity index is 1.61. The highest BCUT2D eigenvalue weighted by Gasteiger charge is 2.77. The summed E-state index contributed by atoms with van der Waals surface area (Å²) < 4.78 is 6.03. The maximum Gasteiger partial charge on any atom is 0.187 e. The maximum atomic E-state index is 12.5. The Morgan fingerprint density at radius 3 is 2.78 bits per heavy atom. The van der Waals surface area contributed by atoms with Gasteiger partial charge in [0.2, 0.25) is 0 Å². The van der Waals surface area contributed by atoms with Crippen molar-refractivity contribution in [2.75, 3.05) is 0 Å². The van der Waals surface area contributed by atoms with Gasteiger partial charge in [0, 0.05) is 17.3 Å². The van der Waals surface area contributed by atoms with Gasteiger partial charge in [-0.1, -0.05) is 26.5 Å². The fourth-order valence-electron chi connectivity index (χ4n) is 6.86. The third-order valence-electron chi connectivity index (χ3n) is 8.19. The van der Waals surface area contributed by atoms with Crippen molar-refractivity contribution in [1.82, 2.24) is 0 Å². The van der Waals surface area contributed by atoms with Crippen LogP contribution in [0.25, 0.3) is 0 Å². The predicted molar refractivity (Wildman–Crippen MR) is 85.7 cm³/mol. The molecule has 3 heteroatoms. The second-order valence-electron chi connectivity index (χ2n) is 8.85. The zero-order chi connectivity index (χ0) is 16.2. The van der Waals surface area contributed by atoms with E-state index in [1.807, 2.05) is 0 Å². The minimum Gasteiger partial charge on any atom is -0.352 e. The van der Waals surface area contributed by atoms with Crippen molar-refractivity contribution in [2.24, 2.45) is 28.6 Å². The number of rotatable bonds is 0. The van der Waals surface area contributed by atoms with E-state index in [-0.39, 0.29) is 22.7 Å². The van der Waals surface area contributed by atoms with Gasteiger partial charge in [-0.3, -0.25) is 9.59 Å². The molecule has 0 aromatic carbocycles. The molecule has 3 nitrogen and oxygen atoms in total. The largest absolute Gasteiger partial charge is 0.352 e. The number of hydrogen-bond donors (Lipinski definition) is 0. The van der Waals surface area contributed by atoms with Gasteiger partial charge in [0.15, 0.2) is 11.9 Å². The van der Waals surface area contributed by atoms with Crippen LogP contribution in [0.3, 0.4) is 0 Å². The molecule has 0 aromatic rings. The molecule has 0 N–H and O–H groups in total. The monoisotopic (exact) mass is 312 g/mol. The molecule has 1 aliphatic heterocycles. The Hall–Kier alpha value is -1.22. The van der Waals surface area contributed by atoms with E-state index in [2.05, 4.69) is 26.5 Å². The molecule has 5 aliphatic rings. The van der Waals surface area contributed by atoms with E-state index in [1.165, 1.54) is 0 Å². The molecule has 0 amide bonds. The number of carbonyl (C=O) groups excluding carboxylic acids is 2. The van der Waals surface area contributed by atoms with Crippen LogP contribution < -0.4 is 0 Å². The highest BCUT2D eigenvalue weighted by atomic mass is 16.6. The van der Waals surface area contributed by atoms with Crippen LogP contribution in [0, 0.1) is 28.6 Å². The van der Waals surface area contributed by atoms with E-state index >= 15 is 0 Å². The first-order chi connectivity index (χ1) is 10.8. The lowest BCUT2D eigenvalue weighted by Gasteiger charge is -2.57. The lowest BCUT2D eigenvalue weighted by atomic mass is 9.45. The summed E-state index contributed by atoms with van der Waals surface area (Å²) in [5.41, 5.74) is 0.377. The zero-order valence-electron chi connectivity index (χ0n) is 13.9. The van der Waals surface area contributed by atoms with E-state index in [1.54, 1.807) is 6.08 Å². The Morgan fingerprint density at radius 2 is 2.00 bits per heavy atom. The molecular formula is C20H24O3. The van der Waals surface area contributed by atoms with E-state index in [0.29, 0.717) is 23.5 Å². The fourth-order valence-corrected chi connectivity index (χ4v) is 6.86. The van der Waals surface area contributed by atoms with Crippen molar-refractivity contribution in [3.05, 3.63) is 24.3 Å². The van der Waals surface area contributed by atoms with Crippen LogP contribution in [0.5, 0.6) is 0 Å². The average molecular weight is 312 g/mol. The highest BCUT2D eigenvalue weighted by Crippen LogP contribution is 2.71. The molecule has 0 bridgehead atoms. The number of fused-ring (bicyclic) bond motifs is 4. The molecule has 4 fully saturated rings. The summed E-state index contributed by atoms with van der Waals surface area (Å²) in [6, 6.07) is 0. The van der Waals surface area contributed by atoms with E-state index < -0.39 is 5.60 Å². The van der Waals surface area contributed by atoms with Gasteiger partial charge in [-0.05, 0) is 55.1 Å². The smallest absolute Gasteiger partial charge is 0.187 e. The minimum atomic E-state index is -0.448. The standard InChI is InChI=1S/C20H24O3/c1-11-10-12-13-4-5-16(22)18(13,2)8-6-14(12)19(3)9-7-15(21)17-20(11,19)23-17/h7,9,12-14,17H,1,4-6,8,10H2,2-3H3/t12-,13-,14+,17?,18-,19+,20?/m0/s1. The Bertz CT molecular complexity index is 691. The molecule has 122 valence electrons. The zero-order valence-corrected chi connectivity index (χ0v) is 13.9. The average Bonchev–Trinajstić information content (AvgIpc) is 3.21. The van der Waals surface area contributed by atoms with Gasteiger partial charge in [0.05, 0.1) is 0 Å². The molecule has 7 atom stereocenters. The summed E-state index contributed by atoms with van der Waals surface area (Å²) in [5.74, 6) is 2.03. The van der Waals surface area contributed by atoms with Crippen LogP contribution >= 0.6 is 0 Å². The molecule has 0 aromatic heterocycles. The minimum absolute atomic E-state index is 0.0961. The summed E-state index contributed by atoms with van der Waals surface area (Å²) in [4.78, 5) is 24.6. The summed E-state index contributed by atoms with van der Waals surface area (Å²) >= 11 is 0. The number of hydrogen-bond acceptors (Lipinski definition) is 3. The molecule has 5 rings (SSSR count). The normalized spacial score (nSPS) is 56.7. The molecule has 1 spiro atoms. The topological polar surface area (TPSA) is 46.7 Å². The van der Waals surface area contributed by atoms with E-state index in [4.69, 9.17) is 4.74 Å². The van der Waals surface area contributed by atoms with Gasteiger partial charge in [0.25, 0.3) is 0 Å². The number of ketones is 2. The lowest BCUT2D eigenvalue weighted by molar-refractivity contribution is -0.133. The third-order valence-corrected chi connectivity index (χ3v) is 8.19. The van der Waals surface area contributed by atoms with Crippen LogP contribution in [0.4, 0.5) is 0 Å². The van der Waals surface area contributed by atoms with Crippen molar-refractivity contribution in [2.45, 2.75) is 57.7 Å². The molecule has 23 heavy (non-hydrogen) atoms. The lowest BCUT2D eigenvalue weighted by Crippen LogP contribution is -2.57. The number of carbonyl (C=O) groups is 2. The Labute approximate surface area is 137 Å². The van der Waals surface area contributed by atoms with E-state index in [9.17, 15) is 9.59 Å². The van der Waals surface area contributed by atoms with E-state index in [0.717, 1.165) is 37.7 Å². The van der Waals surface area contributed by atoms with Crippen LogP contribution in [-0.2, 0) is 14.3 Å². The highest BCUT2D eigenvalue weighted by molar-refractivity contribution is 5.99. The van der Waals surface area contributed by atoms with Gasteiger partial charge in [-0.2, -0.15) is 0 Å². The van der Waals surface area contributed by atoms with Crippen molar-refractivity contribution >= 4 is 11.6 Å². The molecule has 3 saturated carbocycles. The van der Waals surface area contributed by atoms with Gasteiger partial charge in [-0.15, -0.1) is 0 Å². The second-order valence-corrected chi connectivity index (χ2v) is 8.85. The van der Waals surface area contributed by atoms with Crippen LogP contribution in [0.1, 0.15) is 46.0 Å². The van der Waals surface area contributed by atoms with Crippen LogP contribution in [-0.4, -0.2) is 23.3 Å². The summed E-state index contributed by atoms with van der Waals surface area (Å²) in [6.45, 7) is 8.79. The predicted octanol–water partition coefficient (Wildman–Crippen LogP) is 3.24. The maximum absolute atomic E-state index is 12.5. The number of ether oxygens (including phenoxy) is 1. The van der Waals surface area contributed by atoms with Gasteiger partial charge in [0.1, 0.15) is 11.4 Å². The molecule has 1 heterocycles. The van der Waals surface area contributed by atoms with Crippen molar-refractivity contribution < 1.29 is 14.3 Å². The van der Waals surface area contributed by atoms with Crippen LogP contribution in [0.15, 0.2) is 24.3 Å². The van der Waals surface area contributed by atoms with Gasteiger partial charge >= 0.3 is 0 Å². The van der Waals surface area contributed by atoms with Crippen molar-refractivity contribution in [3.63, 3.8) is 0 Å². The molecule has 1 saturated heterocycles. The van der Waals surface area contributed by atoms with Gasteiger partial charge in [-0.25, -0.2) is 0 Å². The number of Topliss-reactive ketones (excluding diaryl/α,β-unsaturated/α-hetero) is 1. The first-order valence-electron chi connectivity index (χ1n) is 8.97. The third kappa shape index (κ3) is 1.35. The first-order valence-corrected chi connectivity index (χ1v) is 8.97. The van der Waals surface area contributed by atoms with Crippen molar-refractivity contribution in [3.8, 4) is 0 Å². The van der Waals surface area contributed by atoms with Gasteiger partial charge < -0.3 is 4.74 Å². The van der Waals surface area contributed by atoms with Crippen molar-refractivity contribution in [1.29, 1.82) is 0 Å². The van der Waals surface area contributed by atoms with Crippen LogP contribution in [0.2, 0.25) is 0 Å². The SMILES string of the molecule is C=C1C[C@@H]2[C@@H](CC[C@]3(C)C(=O)CC[C@@H]23)[C@@]2(C)C=CC(=O)C3OC132. The number of epoxide rings is 1. The Kier molecular flexibility index (Phi) is 2.39. The molecule has 2 unspecified atom stereocenters. The molecule has 4 aliphatic carbocycles.